The number of hydrogen-bond donors (Lipinski definition) is 5. The van der Waals surface area contributed by atoms with Crippen molar-refractivity contribution in [3.63, 3.8) is 0 Å². The summed E-state index contributed by atoms with van der Waals surface area (Å²) in [5.74, 6) is -0.0349. The van der Waals surface area contributed by atoms with Gasteiger partial charge in [0.25, 0.3) is 5.91 Å². The van der Waals surface area contributed by atoms with Gasteiger partial charge in [-0.15, -0.1) is 0 Å². The number of methoxy groups -OCH3 is 1. The molecule has 0 aliphatic rings. The zero-order chi connectivity index (χ0) is 24.7. The minimum Gasteiger partial charge on any atom is -0.494 e. The molecule has 9 nitrogen and oxygen atoms in total. The maximum atomic E-state index is 13.7. The third-order valence-corrected chi connectivity index (χ3v) is 4.63. The third kappa shape index (κ3) is 5.84. The average molecular weight is 476 g/mol. The fourth-order valence-electron chi connectivity index (χ4n) is 3.05. The normalized spacial score (nSPS) is 11.0. The average Bonchev–Trinajstić information content (AvgIpc) is 2.82. The smallest absolute Gasteiger partial charge is 0.419 e. The van der Waals surface area contributed by atoms with Crippen molar-refractivity contribution in [1.29, 1.82) is 0 Å². The number of carbonyl (C=O) groups is 1. The number of nitrogens with one attached hydrogen (secondary N) is 4. The summed E-state index contributed by atoms with van der Waals surface area (Å²) >= 11 is 0. The first kappa shape index (κ1) is 24.6. The van der Waals surface area contributed by atoms with Gasteiger partial charge in [-0.1, -0.05) is 0 Å². The maximum Gasteiger partial charge on any atom is 0.419 e. The van der Waals surface area contributed by atoms with Gasteiger partial charge in [-0.3, -0.25) is 4.79 Å². The molecule has 1 aromatic carbocycles. The van der Waals surface area contributed by atoms with E-state index in [1.54, 1.807) is 18.2 Å². The largest absolute Gasteiger partial charge is 0.494 e. The summed E-state index contributed by atoms with van der Waals surface area (Å²) in [7, 11) is 2.85. The third-order valence-electron chi connectivity index (χ3n) is 4.63. The number of aliphatic hydroxyl groups is 1. The minimum atomic E-state index is -4.69. The molecular weight excluding hydrogens is 453 g/mol. The zero-order valence-electron chi connectivity index (χ0n) is 18.3. The molecule has 12 heteroatoms. The molecule has 3 aromatic rings. The van der Waals surface area contributed by atoms with Crippen LogP contribution in [0.25, 0.3) is 0 Å². The van der Waals surface area contributed by atoms with Crippen molar-refractivity contribution >= 4 is 34.5 Å². The fraction of sp³-hybridized carbons (Fsp3) is 0.227. The van der Waals surface area contributed by atoms with Crippen molar-refractivity contribution < 1.29 is 27.8 Å². The highest BCUT2D eigenvalue weighted by Gasteiger charge is 2.34. The molecule has 0 saturated carbocycles. The van der Waals surface area contributed by atoms with E-state index >= 15 is 0 Å². The van der Waals surface area contributed by atoms with Crippen molar-refractivity contribution in [3.8, 4) is 5.75 Å². The molecule has 0 spiro atoms. The van der Waals surface area contributed by atoms with E-state index in [2.05, 4.69) is 31.2 Å². The second kappa shape index (κ2) is 10.7. The Hall–Kier alpha value is -4.06. The predicted octanol–water partition coefficient (Wildman–Crippen LogP) is 3.76. The highest BCUT2D eigenvalue weighted by Crippen LogP contribution is 2.38. The molecule has 0 aliphatic heterocycles. The number of hydrogen-bond acceptors (Lipinski definition) is 8. The van der Waals surface area contributed by atoms with Crippen molar-refractivity contribution in [2.75, 3.05) is 43.3 Å². The topological polar surface area (TPSA) is 120 Å². The molecule has 0 aliphatic carbocycles. The Morgan fingerprint density at radius 3 is 2.56 bits per heavy atom. The van der Waals surface area contributed by atoms with Crippen LogP contribution in [0.15, 0.2) is 48.8 Å². The van der Waals surface area contributed by atoms with Gasteiger partial charge in [0.2, 0.25) is 0 Å². The van der Waals surface area contributed by atoms with Gasteiger partial charge < -0.3 is 31.1 Å². The van der Waals surface area contributed by atoms with Gasteiger partial charge in [0.05, 0.1) is 36.3 Å². The minimum absolute atomic E-state index is 0.0495. The molecule has 0 unspecified atom stereocenters. The lowest BCUT2D eigenvalue weighted by Gasteiger charge is -2.18. The van der Waals surface area contributed by atoms with Crippen LogP contribution in [0, 0.1) is 0 Å². The van der Waals surface area contributed by atoms with Crippen molar-refractivity contribution in [2.45, 2.75) is 6.18 Å². The Kier molecular flexibility index (Phi) is 7.74. The summed E-state index contributed by atoms with van der Waals surface area (Å²) in [6.45, 7) is 0.296. The number of aromatic nitrogens is 2. The highest BCUT2D eigenvalue weighted by atomic mass is 19.4. The number of amides is 1. The van der Waals surface area contributed by atoms with Gasteiger partial charge in [-0.25, -0.2) is 9.97 Å². The van der Waals surface area contributed by atoms with Crippen molar-refractivity contribution in [1.82, 2.24) is 15.3 Å². The number of benzene rings is 1. The quantitative estimate of drug-likeness (QED) is 0.317. The number of alkyl halides is 3. The summed E-state index contributed by atoms with van der Waals surface area (Å²) in [6.07, 6.45) is -2.63. The van der Waals surface area contributed by atoms with Crippen LogP contribution in [0.1, 0.15) is 16.1 Å². The van der Waals surface area contributed by atoms with Gasteiger partial charge in [0.15, 0.2) is 5.69 Å². The molecular formula is C22H23F3N6O3. The van der Waals surface area contributed by atoms with Crippen LogP contribution in [-0.2, 0) is 6.18 Å². The molecule has 2 heterocycles. The van der Waals surface area contributed by atoms with E-state index in [-0.39, 0.29) is 29.5 Å². The van der Waals surface area contributed by atoms with Gasteiger partial charge in [-0.2, -0.15) is 13.2 Å². The molecule has 5 N–H and O–H groups in total. The number of halogens is 3. The lowest BCUT2D eigenvalue weighted by Crippen LogP contribution is -2.21. The highest BCUT2D eigenvalue weighted by molar-refractivity contribution is 5.98. The van der Waals surface area contributed by atoms with E-state index in [1.807, 2.05) is 0 Å². The Bertz CT molecular complexity index is 1160. The van der Waals surface area contributed by atoms with Gasteiger partial charge in [-0.05, 0) is 24.3 Å². The molecule has 0 bridgehead atoms. The van der Waals surface area contributed by atoms with Crippen LogP contribution >= 0.6 is 0 Å². The van der Waals surface area contributed by atoms with E-state index < -0.39 is 17.6 Å². The number of ether oxygens (including phenoxy) is 1. The second-order valence-electron chi connectivity index (χ2n) is 6.91. The van der Waals surface area contributed by atoms with Crippen molar-refractivity contribution in [2.24, 2.45) is 0 Å². The first-order chi connectivity index (χ1) is 16.3. The lowest BCUT2D eigenvalue weighted by atomic mass is 10.2. The van der Waals surface area contributed by atoms with E-state index in [0.29, 0.717) is 29.9 Å². The van der Waals surface area contributed by atoms with Crippen molar-refractivity contribution in [3.05, 3.63) is 60.0 Å². The molecule has 0 atom stereocenters. The molecule has 180 valence electrons. The van der Waals surface area contributed by atoms with Gasteiger partial charge in [0.1, 0.15) is 11.6 Å². The number of carbonyl (C=O) groups excluding carboxylic acids is 1. The van der Waals surface area contributed by atoms with Crippen LogP contribution < -0.4 is 26.0 Å². The van der Waals surface area contributed by atoms with Crippen LogP contribution in [0.3, 0.4) is 0 Å². The Labute approximate surface area is 193 Å². The molecule has 0 saturated heterocycles. The second-order valence-corrected chi connectivity index (χ2v) is 6.91. The standard InChI is InChI=1S/C22H23F3N6O3/c1-26-21(33)20-16(4-3-7-28-20)30-17-11-19(29-12-14(17)22(23,24)25)31-15-6-5-13(27-8-9-32)10-18(15)34-2/h3-7,10-12,27,32H,8-9H2,1-2H3,(H,26,33)(H2,29,30,31). The summed E-state index contributed by atoms with van der Waals surface area (Å²) in [5, 5.41) is 20.0. The molecule has 0 radical (unpaired) electrons. The molecule has 3 rings (SSSR count). The van der Waals surface area contributed by atoms with E-state index in [4.69, 9.17) is 9.84 Å². The van der Waals surface area contributed by atoms with Crippen LogP contribution in [-0.4, -0.2) is 48.3 Å². The summed E-state index contributed by atoms with van der Waals surface area (Å²) < 4.78 is 46.3. The summed E-state index contributed by atoms with van der Waals surface area (Å²) in [5.41, 5.74) is -0.137. The monoisotopic (exact) mass is 476 g/mol. The van der Waals surface area contributed by atoms with Gasteiger partial charge >= 0.3 is 6.18 Å². The molecule has 1 amide bonds. The predicted molar refractivity (Wildman–Crippen MR) is 122 cm³/mol. The van der Waals surface area contributed by atoms with E-state index in [1.165, 1.54) is 38.6 Å². The van der Waals surface area contributed by atoms with Gasteiger partial charge in [0, 0.05) is 43.8 Å². The summed E-state index contributed by atoms with van der Waals surface area (Å²) in [6, 6.07) is 9.18. The molecule has 0 fully saturated rings. The maximum absolute atomic E-state index is 13.7. The number of anilines is 5. The van der Waals surface area contributed by atoms with E-state index in [9.17, 15) is 18.0 Å². The Balaban J connectivity index is 1.97. The first-order valence-electron chi connectivity index (χ1n) is 10.1. The fourth-order valence-corrected chi connectivity index (χ4v) is 3.05. The number of rotatable bonds is 9. The van der Waals surface area contributed by atoms with E-state index in [0.717, 1.165) is 0 Å². The SMILES string of the molecule is CNC(=O)c1ncccc1Nc1cc(Nc2ccc(NCCO)cc2OC)ncc1C(F)(F)F. The Morgan fingerprint density at radius 2 is 1.88 bits per heavy atom. The number of pyridine rings is 2. The summed E-state index contributed by atoms with van der Waals surface area (Å²) in [4.78, 5) is 19.9. The lowest BCUT2D eigenvalue weighted by molar-refractivity contribution is -0.137. The number of aliphatic hydroxyl groups excluding tert-OH is 1. The molecule has 34 heavy (non-hydrogen) atoms. The molecule has 2 aromatic heterocycles. The Morgan fingerprint density at radius 1 is 1.09 bits per heavy atom. The first-order valence-corrected chi connectivity index (χ1v) is 10.1. The van der Waals surface area contributed by atoms with Crippen LogP contribution in [0.4, 0.5) is 41.7 Å². The van der Waals surface area contributed by atoms with Crippen LogP contribution in [0.2, 0.25) is 0 Å². The van der Waals surface area contributed by atoms with Crippen LogP contribution in [0.5, 0.6) is 5.75 Å². The zero-order valence-corrected chi connectivity index (χ0v) is 18.3. The number of nitrogens with zero attached hydrogens (tertiary/aromatic N) is 2.